The van der Waals surface area contributed by atoms with E-state index in [2.05, 4.69) is 44.5 Å². The SMILES string of the molecule is CN1CCc2nc(C(=O)Nc3cccc(-c4cccc(NC(=O)c5nc6c(s5)CN(C)CC6)c4Cl)c3Cl)sc2C1. The van der Waals surface area contributed by atoms with Crippen LogP contribution in [-0.2, 0) is 25.9 Å². The van der Waals surface area contributed by atoms with Crippen molar-refractivity contribution in [3.63, 3.8) is 0 Å². The van der Waals surface area contributed by atoms with Crippen LogP contribution in [0.4, 0.5) is 11.4 Å². The Bertz CT molecular complexity index is 1520. The zero-order chi connectivity index (χ0) is 28.0. The topological polar surface area (TPSA) is 90.5 Å². The monoisotopic (exact) mass is 612 g/mol. The Hall–Kier alpha value is -2.86. The van der Waals surface area contributed by atoms with Crippen molar-refractivity contribution in [3.8, 4) is 11.1 Å². The van der Waals surface area contributed by atoms with Gasteiger partial charge in [-0.15, -0.1) is 22.7 Å². The van der Waals surface area contributed by atoms with Crippen LogP contribution in [0.1, 0.15) is 40.7 Å². The van der Waals surface area contributed by atoms with Gasteiger partial charge in [-0.1, -0.05) is 47.5 Å². The highest BCUT2D eigenvalue weighted by Crippen LogP contribution is 2.40. The van der Waals surface area contributed by atoms with E-state index >= 15 is 0 Å². The molecule has 0 unspecified atom stereocenters. The van der Waals surface area contributed by atoms with Gasteiger partial charge in [-0.3, -0.25) is 9.59 Å². The highest BCUT2D eigenvalue weighted by atomic mass is 35.5. The number of thiazole rings is 2. The number of hydrogen-bond acceptors (Lipinski definition) is 8. The van der Waals surface area contributed by atoms with Gasteiger partial charge in [0.2, 0.25) is 0 Å². The quantitative estimate of drug-likeness (QED) is 0.285. The van der Waals surface area contributed by atoms with Gasteiger partial charge in [0.15, 0.2) is 10.0 Å². The van der Waals surface area contributed by atoms with E-state index in [1.165, 1.54) is 22.7 Å². The summed E-state index contributed by atoms with van der Waals surface area (Å²) >= 11 is 16.4. The Balaban J connectivity index is 1.22. The van der Waals surface area contributed by atoms with Gasteiger partial charge < -0.3 is 20.4 Å². The Labute approximate surface area is 250 Å². The predicted octanol–water partition coefficient (Wildman–Crippen LogP) is 6.05. The molecular formula is C28H26Cl2N6O2S2. The molecule has 0 bridgehead atoms. The summed E-state index contributed by atoms with van der Waals surface area (Å²) < 4.78 is 0. The summed E-state index contributed by atoms with van der Waals surface area (Å²) in [6, 6.07) is 10.7. The molecule has 4 heterocycles. The lowest BCUT2D eigenvalue weighted by Gasteiger charge is -2.20. The van der Waals surface area contributed by atoms with Gasteiger partial charge in [-0.2, -0.15) is 0 Å². The third-order valence-corrected chi connectivity index (χ3v) is 9.99. The lowest BCUT2D eigenvalue weighted by atomic mass is 10.0. The fourth-order valence-corrected chi connectivity index (χ4v) is 7.58. The van der Waals surface area contributed by atoms with Crippen LogP contribution >= 0.6 is 45.9 Å². The van der Waals surface area contributed by atoms with Crippen molar-refractivity contribution in [1.29, 1.82) is 0 Å². The minimum absolute atomic E-state index is 0.300. The van der Waals surface area contributed by atoms with Crippen molar-refractivity contribution in [3.05, 3.63) is 77.6 Å². The minimum atomic E-state index is -0.300. The first-order valence-electron chi connectivity index (χ1n) is 12.8. The van der Waals surface area contributed by atoms with Gasteiger partial charge in [-0.05, 0) is 26.2 Å². The van der Waals surface area contributed by atoms with E-state index in [9.17, 15) is 9.59 Å². The predicted molar refractivity (Wildman–Crippen MR) is 162 cm³/mol. The van der Waals surface area contributed by atoms with Crippen molar-refractivity contribution in [2.75, 3.05) is 37.8 Å². The second-order valence-corrected chi connectivity index (χ2v) is 12.9. The fraction of sp³-hybridized carbons (Fsp3) is 0.286. The number of carbonyl (C=O) groups excluding carboxylic acids is 2. The van der Waals surface area contributed by atoms with Crippen LogP contribution in [-0.4, -0.2) is 58.8 Å². The Kier molecular flexibility index (Phi) is 7.64. The van der Waals surface area contributed by atoms with Crippen LogP contribution < -0.4 is 10.6 Å². The largest absolute Gasteiger partial charge is 0.319 e. The number of halogens is 2. The molecule has 2 aromatic heterocycles. The van der Waals surface area contributed by atoms with E-state index in [4.69, 9.17) is 23.2 Å². The minimum Gasteiger partial charge on any atom is -0.319 e. The van der Waals surface area contributed by atoms with Gasteiger partial charge in [0.1, 0.15) is 0 Å². The molecule has 0 spiro atoms. The van der Waals surface area contributed by atoms with E-state index in [-0.39, 0.29) is 11.8 Å². The maximum atomic E-state index is 13.1. The van der Waals surface area contributed by atoms with Gasteiger partial charge in [0, 0.05) is 59.9 Å². The zero-order valence-corrected chi connectivity index (χ0v) is 25.0. The Morgan fingerprint density at radius 3 is 1.60 bits per heavy atom. The molecule has 0 saturated heterocycles. The number of fused-ring (bicyclic) bond motifs is 2. The van der Waals surface area contributed by atoms with Gasteiger partial charge >= 0.3 is 0 Å². The van der Waals surface area contributed by atoms with Crippen LogP contribution in [0, 0.1) is 0 Å². The number of aromatic nitrogens is 2. The summed E-state index contributed by atoms with van der Waals surface area (Å²) in [6.45, 7) is 3.44. The molecule has 0 saturated carbocycles. The average molecular weight is 614 g/mol. The van der Waals surface area contributed by atoms with E-state index in [0.717, 1.165) is 60.2 Å². The number of anilines is 2. The molecule has 0 aliphatic carbocycles. The van der Waals surface area contributed by atoms with Gasteiger partial charge in [0.05, 0.1) is 32.8 Å². The molecule has 2 aliphatic rings. The lowest BCUT2D eigenvalue weighted by Crippen LogP contribution is -2.25. The van der Waals surface area contributed by atoms with Crippen molar-refractivity contribution in [1.82, 2.24) is 19.8 Å². The second-order valence-electron chi connectivity index (χ2n) is 10.00. The van der Waals surface area contributed by atoms with Crippen molar-refractivity contribution in [2.45, 2.75) is 25.9 Å². The first-order chi connectivity index (χ1) is 19.3. The molecular weight excluding hydrogens is 587 g/mol. The molecule has 0 fully saturated rings. The van der Waals surface area contributed by atoms with Crippen LogP contribution in [0.5, 0.6) is 0 Å². The van der Waals surface area contributed by atoms with E-state index in [1.807, 2.05) is 12.1 Å². The fourth-order valence-electron chi connectivity index (χ4n) is 4.87. The molecule has 0 radical (unpaired) electrons. The molecule has 40 heavy (non-hydrogen) atoms. The van der Waals surface area contributed by atoms with E-state index < -0.39 is 0 Å². The van der Waals surface area contributed by atoms with Crippen LogP contribution in [0.25, 0.3) is 11.1 Å². The third kappa shape index (κ3) is 5.39. The standard InChI is InChI=1S/C28H26Cl2N6O2S2/c1-35-11-9-17-21(13-35)39-27(33-17)25(37)31-19-7-3-5-15(23(19)29)16-6-4-8-20(24(16)30)32-26(38)28-34-18-10-12-36(2)14-22(18)40-28/h3-8H,9-14H2,1-2H3,(H,31,37)(H,32,38). The number of likely N-dealkylation sites (N-methyl/N-ethyl adjacent to an activating group) is 2. The van der Waals surface area contributed by atoms with Gasteiger partial charge in [-0.25, -0.2) is 9.97 Å². The molecule has 0 atom stereocenters. The molecule has 6 rings (SSSR count). The van der Waals surface area contributed by atoms with Crippen molar-refractivity contribution >= 4 is 69.1 Å². The number of rotatable bonds is 5. The number of amides is 2. The average Bonchev–Trinajstić information content (AvgIpc) is 3.55. The Morgan fingerprint density at radius 1 is 0.750 bits per heavy atom. The molecule has 4 aromatic rings. The summed E-state index contributed by atoms with van der Waals surface area (Å²) in [7, 11) is 4.12. The smallest absolute Gasteiger partial charge is 0.284 e. The first kappa shape index (κ1) is 27.3. The number of benzene rings is 2. The highest BCUT2D eigenvalue weighted by molar-refractivity contribution is 7.14. The third-order valence-electron chi connectivity index (χ3n) is 7.02. The van der Waals surface area contributed by atoms with E-state index in [1.54, 1.807) is 24.3 Å². The molecule has 2 aliphatic heterocycles. The van der Waals surface area contributed by atoms with Crippen molar-refractivity contribution < 1.29 is 9.59 Å². The molecule has 2 aromatic carbocycles. The molecule has 2 amide bonds. The molecule has 2 N–H and O–H groups in total. The highest BCUT2D eigenvalue weighted by Gasteiger charge is 2.24. The molecule has 12 heteroatoms. The van der Waals surface area contributed by atoms with Crippen LogP contribution in [0.15, 0.2) is 36.4 Å². The zero-order valence-electron chi connectivity index (χ0n) is 21.9. The lowest BCUT2D eigenvalue weighted by molar-refractivity contribution is 0.101. The summed E-state index contributed by atoms with van der Waals surface area (Å²) in [5.74, 6) is -0.601. The number of carbonyl (C=O) groups is 2. The normalized spacial score (nSPS) is 15.4. The molecule has 206 valence electrons. The Morgan fingerprint density at radius 2 is 1.18 bits per heavy atom. The number of nitrogens with zero attached hydrogens (tertiary/aromatic N) is 4. The van der Waals surface area contributed by atoms with Gasteiger partial charge in [0.25, 0.3) is 11.8 Å². The second kappa shape index (κ2) is 11.2. The maximum Gasteiger partial charge on any atom is 0.284 e. The number of nitrogens with one attached hydrogen (secondary N) is 2. The first-order valence-corrected chi connectivity index (χ1v) is 15.2. The summed E-state index contributed by atoms with van der Waals surface area (Å²) in [4.78, 5) is 41.9. The number of hydrogen-bond donors (Lipinski definition) is 2. The summed E-state index contributed by atoms with van der Waals surface area (Å²) in [5, 5.41) is 7.35. The van der Waals surface area contributed by atoms with E-state index in [0.29, 0.717) is 42.6 Å². The van der Waals surface area contributed by atoms with Crippen LogP contribution in [0.2, 0.25) is 10.0 Å². The summed E-state index contributed by atoms with van der Waals surface area (Å²) in [5.41, 5.74) is 4.16. The van der Waals surface area contributed by atoms with Crippen molar-refractivity contribution in [2.24, 2.45) is 0 Å². The molecule has 8 nitrogen and oxygen atoms in total. The maximum absolute atomic E-state index is 13.1. The summed E-state index contributed by atoms with van der Waals surface area (Å²) in [6.07, 6.45) is 1.67. The van der Waals surface area contributed by atoms with Crippen LogP contribution in [0.3, 0.4) is 0 Å².